The highest BCUT2D eigenvalue weighted by molar-refractivity contribution is 5.71. The Morgan fingerprint density at radius 3 is 3.23 bits per heavy atom. The zero-order chi connectivity index (χ0) is 9.52. The first-order chi connectivity index (χ1) is 6.33. The van der Waals surface area contributed by atoms with Gasteiger partial charge in [-0.15, -0.1) is 0 Å². The minimum Gasteiger partial charge on any atom is -0.465 e. The summed E-state index contributed by atoms with van der Waals surface area (Å²) in [4.78, 5) is 13.2. The Morgan fingerprint density at radius 1 is 1.62 bits per heavy atom. The van der Waals surface area contributed by atoms with Gasteiger partial charge in [-0.05, 0) is 33.0 Å². The van der Waals surface area contributed by atoms with Gasteiger partial charge in [0, 0.05) is 6.54 Å². The molecule has 0 aromatic carbocycles. The second-order valence-electron chi connectivity index (χ2n) is 3.31. The van der Waals surface area contributed by atoms with Crippen LogP contribution in [0, 0.1) is 0 Å². The van der Waals surface area contributed by atoms with Crippen LogP contribution in [0.1, 0.15) is 12.8 Å². The number of esters is 1. The fourth-order valence-corrected chi connectivity index (χ4v) is 1.45. The summed E-state index contributed by atoms with van der Waals surface area (Å²) in [5.41, 5.74) is 0. The second kappa shape index (κ2) is 5.94. The first-order valence-electron chi connectivity index (χ1n) is 4.85. The predicted molar refractivity (Wildman–Crippen MR) is 50.6 cm³/mol. The van der Waals surface area contributed by atoms with E-state index in [9.17, 15) is 4.79 Å². The summed E-state index contributed by atoms with van der Waals surface area (Å²) in [6, 6.07) is 0. The zero-order valence-electron chi connectivity index (χ0n) is 8.21. The summed E-state index contributed by atoms with van der Waals surface area (Å²) in [5, 5.41) is 3.09. The molecule has 1 saturated heterocycles. The smallest absolute Gasteiger partial charge is 0.320 e. The van der Waals surface area contributed by atoms with Crippen LogP contribution < -0.4 is 5.32 Å². The third kappa shape index (κ3) is 4.24. The molecule has 1 N–H and O–H groups in total. The van der Waals surface area contributed by atoms with Gasteiger partial charge in [0.1, 0.15) is 0 Å². The number of nitrogens with zero attached hydrogens (tertiary/aromatic N) is 1. The number of rotatable bonds is 4. The fraction of sp³-hybridized carbons (Fsp3) is 0.889. The number of nitrogens with one attached hydrogen (secondary N) is 1. The number of carbonyl (C=O) groups excluding carboxylic acids is 1. The van der Waals surface area contributed by atoms with E-state index in [0.717, 1.165) is 32.5 Å². The van der Waals surface area contributed by atoms with Gasteiger partial charge in [0.2, 0.25) is 0 Å². The lowest BCUT2D eigenvalue weighted by atomic mass is 10.3. The third-order valence-electron chi connectivity index (χ3n) is 2.14. The highest BCUT2D eigenvalue weighted by atomic mass is 16.5. The molecular formula is C9H18N2O2. The van der Waals surface area contributed by atoms with E-state index in [1.165, 1.54) is 0 Å². The summed E-state index contributed by atoms with van der Waals surface area (Å²) < 4.78 is 4.94. The van der Waals surface area contributed by atoms with Gasteiger partial charge in [-0.25, -0.2) is 0 Å². The molecule has 0 amide bonds. The van der Waals surface area contributed by atoms with Crippen molar-refractivity contribution in [1.29, 1.82) is 0 Å². The molecule has 1 aliphatic rings. The van der Waals surface area contributed by atoms with Gasteiger partial charge >= 0.3 is 5.97 Å². The van der Waals surface area contributed by atoms with E-state index in [4.69, 9.17) is 4.74 Å². The number of cyclic esters (lactones) is 1. The molecule has 0 radical (unpaired) electrons. The lowest BCUT2D eigenvalue weighted by Crippen LogP contribution is -2.31. The largest absolute Gasteiger partial charge is 0.465 e. The monoisotopic (exact) mass is 186 g/mol. The van der Waals surface area contributed by atoms with Crippen molar-refractivity contribution in [3.63, 3.8) is 0 Å². The number of carbonyl (C=O) groups is 1. The van der Waals surface area contributed by atoms with Crippen LogP contribution in [0.15, 0.2) is 0 Å². The van der Waals surface area contributed by atoms with Crippen molar-refractivity contribution in [2.75, 3.05) is 39.8 Å². The summed E-state index contributed by atoms with van der Waals surface area (Å²) >= 11 is 0. The van der Waals surface area contributed by atoms with Crippen molar-refractivity contribution < 1.29 is 9.53 Å². The Hall–Kier alpha value is -0.610. The SMILES string of the molecule is CNCCCN1CCCOC(=O)C1. The van der Waals surface area contributed by atoms with E-state index in [1.54, 1.807) is 0 Å². The third-order valence-corrected chi connectivity index (χ3v) is 2.14. The number of ether oxygens (including phenoxy) is 1. The van der Waals surface area contributed by atoms with Crippen LogP contribution in [0.3, 0.4) is 0 Å². The number of hydrogen-bond donors (Lipinski definition) is 1. The van der Waals surface area contributed by atoms with Gasteiger partial charge < -0.3 is 10.1 Å². The average Bonchev–Trinajstić information content (AvgIpc) is 2.31. The standard InChI is InChI=1S/C9H18N2O2/c1-10-4-2-5-11-6-3-7-13-9(12)8-11/h10H,2-8H2,1H3. The topological polar surface area (TPSA) is 41.6 Å². The molecule has 1 fully saturated rings. The maximum absolute atomic E-state index is 11.0. The van der Waals surface area contributed by atoms with Crippen molar-refractivity contribution in [1.82, 2.24) is 10.2 Å². The quantitative estimate of drug-likeness (QED) is 0.489. The molecule has 4 nitrogen and oxygen atoms in total. The fourth-order valence-electron chi connectivity index (χ4n) is 1.45. The van der Waals surface area contributed by atoms with Gasteiger partial charge in [0.05, 0.1) is 13.2 Å². The second-order valence-corrected chi connectivity index (χ2v) is 3.31. The molecular weight excluding hydrogens is 168 g/mol. The molecule has 76 valence electrons. The molecule has 0 aromatic heterocycles. The van der Waals surface area contributed by atoms with Crippen LogP contribution in [-0.4, -0.2) is 50.7 Å². The molecule has 13 heavy (non-hydrogen) atoms. The van der Waals surface area contributed by atoms with E-state index >= 15 is 0 Å². The zero-order valence-corrected chi connectivity index (χ0v) is 8.21. The molecule has 0 aliphatic carbocycles. The van der Waals surface area contributed by atoms with E-state index in [-0.39, 0.29) is 5.97 Å². The van der Waals surface area contributed by atoms with Crippen molar-refractivity contribution in [3.05, 3.63) is 0 Å². The maximum atomic E-state index is 11.0. The average molecular weight is 186 g/mol. The highest BCUT2D eigenvalue weighted by Gasteiger charge is 2.14. The highest BCUT2D eigenvalue weighted by Crippen LogP contribution is 2.00. The van der Waals surface area contributed by atoms with Gasteiger partial charge in [-0.3, -0.25) is 9.69 Å². The Kier molecular flexibility index (Phi) is 4.78. The van der Waals surface area contributed by atoms with E-state index in [1.807, 2.05) is 7.05 Å². The molecule has 1 aliphatic heterocycles. The maximum Gasteiger partial charge on any atom is 0.320 e. The first kappa shape index (κ1) is 10.5. The van der Waals surface area contributed by atoms with Gasteiger partial charge in [-0.1, -0.05) is 0 Å². The van der Waals surface area contributed by atoms with Crippen LogP contribution >= 0.6 is 0 Å². The lowest BCUT2D eigenvalue weighted by Gasteiger charge is -2.17. The minimum atomic E-state index is -0.0815. The number of hydrogen-bond acceptors (Lipinski definition) is 4. The molecule has 1 heterocycles. The molecule has 0 aromatic rings. The molecule has 0 saturated carbocycles. The summed E-state index contributed by atoms with van der Waals surface area (Å²) in [7, 11) is 1.94. The first-order valence-corrected chi connectivity index (χ1v) is 4.85. The summed E-state index contributed by atoms with van der Waals surface area (Å²) in [6.07, 6.45) is 2.05. The summed E-state index contributed by atoms with van der Waals surface area (Å²) in [6.45, 7) is 4.02. The Bertz CT molecular complexity index is 162. The van der Waals surface area contributed by atoms with Crippen LogP contribution in [-0.2, 0) is 9.53 Å². The molecule has 0 spiro atoms. The van der Waals surface area contributed by atoms with E-state index in [2.05, 4.69) is 10.2 Å². The summed E-state index contributed by atoms with van der Waals surface area (Å²) in [5.74, 6) is -0.0815. The normalized spacial score (nSPS) is 19.6. The molecule has 1 rings (SSSR count). The molecule has 4 heteroatoms. The molecule has 0 unspecified atom stereocenters. The van der Waals surface area contributed by atoms with Crippen LogP contribution in [0.25, 0.3) is 0 Å². The Balaban J connectivity index is 2.19. The van der Waals surface area contributed by atoms with Crippen LogP contribution in [0.4, 0.5) is 0 Å². The Labute approximate surface area is 79.2 Å². The predicted octanol–water partition coefficient (Wildman–Crippen LogP) is -0.155. The van der Waals surface area contributed by atoms with Crippen LogP contribution in [0.5, 0.6) is 0 Å². The van der Waals surface area contributed by atoms with Crippen molar-refractivity contribution in [2.24, 2.45) is 0 Å². The van der Waals surface area contributed by atoms with Gasteiger partial charge in [0.25, 0.3) is 0 Å². The lowest BCUT2D eigenvalue weighted by molar-refractivity contribution is -0.142. The minimum absolute atomic E-state index is 0.0815. The van der Waals surface area contributed by atoms with Crippen molar-refractivity contribution in [3.8, 4) is 0 Å². The molecule has 0 atom stereocenters. The van der Waals surface area contributed by atoms with Gasteiger partial charge in [0.15, 0.2) is 0 Å². The van der Waals surface area contributed by atoms with E-state index in [0.29, 0.717) is 13.2 Å². The van der Waals surface area contributed by atoms with Gasteiger partial charge in [-0.2, -0.15) is 0 Å². The van der Waals surface area contributed by atoms with Crippen molar-refractivity contribution in [2.45, 2.75) is 12.8 Å². The molecule has 0 bridgehead atoms. The van der Waals surface area contributed by atoms with Crippen LogP contribution in [0.2, 0.25) is 0 Å². The van der Waals surface area contributed by atoms with Crippen molar-refractivity contribution >= 4 is 5.97 Å². The Morgan fingerprint density at radius 2 is 2.46 bits per heavy atom. The van der Waals surface area contributed by atoms with E-state index < -0.39 is 0 Å².